The molecule has 0 fully saturated rings. The summed E-state index contributed by atoms with van der Waals surface area (Å²) in [6.07, 6.45) is 10.0. The van der Waals surface area contributed by atoms with Crippen molar-refractivity contribution in [3.63, 3.8) is 0 Å². The predicted molar refractivity (Wildman–Crippen MR) is 110 cm³/mol. The van der Waals surface area contributed by atoms with Crippen LogP contribution in [0.3, 0.4) is 0 Å². The zero-order valence-electron chi connectivity index (χ0n) is 14.7. The van der Waals surface area contributed by atoms with Gasteiger partial charge in [-0.05, 0) is 22.3 Å². The van der Waals surface area contributed by atoms with Crippen molar-refractivity contribution in [1.82, 2.24) is 10.4 Å². The Morgan fingerprint density at radius 2 is 1.30 bits per heavy atom. The highest BCUT2D eigenvalue weighted by molar-refractivity contribution is 5.86. The van der Waals surface area contributed by atoms with Gasteiger partial charge in [0, 0.05) is 10.8 Å². The molecule has 0 amide bonds. The molecule has 3 heteroatoms. The second-order valence-corrected chi connectivity index (χ2v) is 6.09. The molecule has 0 aliphatic carbocycles. The second kappa shape index (κ2) is 8.11. The van der Waals surface area contributed by atoms with E-state index >= 15 is 0 Å². The Balaban J connectivity index is 1.77. The van der Waals surface area contributed by atoms with Crippen molar-refractivity contribution in [2.75, 3.05) is 0 Å². The molecule has 0 spiro atoms. The van der Waals surface area contributed by atoms with Gasteiger partial charge in [0.1, 0.15) is 5.69 Å². The maximum atomic E-state index is 4.95. The minimum absolute atomic E-state index is 0.720. The summed E-state index contributed by atoms with van der Waals surface area (Å²) in [7, 11) is 0. The molecular formula is C24H18N2O. The van der Waals surface area contributed by atoms with Gasteiger partial charge in [-0.1, -0.05) is 103 Å². The van der Waals surface area contributed by atoms with Crippen molar-refractivity contribution >= 4 is 24.3 Å². The van der Waals surface area contributed by atoms with Gasteiger partial charge in [0.15, 0.2) is 6.26 Å². The lowest BCUT2D eigenvalue weighted by Crippen LogP contribution is -1.88. The lowest BCUT2D eigenvalue weighted by Gasteiger charge is -2.07. The number of aromatic nitrogens is 2. The van der Waals surface area contributed by atoms with Gasteiger partial charge in [0.2, 0.25) is 0 Å². The molecule has 0 unspecified atom stereocenters. The quantitative estimate of drug-likeness (QED) is 0.410. The first-order valence-electron chi connectivity index (χ1n) is 8.77. The maximum absolute atomic E-state index is 4.95. The molecule has 4 rings (SSSR count). The van der Waals surface area contributed by atoms with Gasteiger partial charge in [-0.15, -0.1) is 5.10 Å². The number of rotatable bonds is 5. The Labute approximate surface area is 158 Å². The lowest BCUT2D eigenvalue weighted by molar-refractivity contribution is 0.393. The first-order chi connectivity index (χ1) is 13.4. The van der Waals surface area contributed by atoms with E-state index in [9.17, 15) is 0 Å². The molecular weight excluding hydrogens is 332 g/mol. The van der Waals surface area contributed by atoms with E-state index in [-0.39, 0.29) is 0 Å². The molecule has 0 saturated carbocycles. The fraction of sp³-hybridized carbons (Fsp3) is 0. The Hall–Kier alpha value is -3.72. The van der Waals surface area contributed by atoms with Crippen LogP contribution in [0.4, 0.5) is 0 Å². The second-order valence-electron chi connectivity index (χ2n) is 6.09. The van der Waals surface area contributed by atoms with Crippen LogP contribution < -0.4 is 0 Å². The molecule has 0 atom stereocenters. The highest BCUT2D eigenvalue weighted by Crippen LogP contribution is 2.28. The van der Waals surface area contributed by atoms with Gasteiger partial charge in [-0.25, -0.2) is 0 Å². The Morgan fingerprint density at radius 3 is 1.93 bits per heavy atom. The summed E-state index contributed by atoms with van der Waals surface area (Å²) in [6, 6.07) is 26.6. The van der Waals surface area contributed by atoms with Crippen molar-refractivity contribution < 1.29 is 4.52 Å². The zero-order valence-corrected chi connectivity index (χ0v) is 14.7. The van der Waals surface area contributed by atoms with Gasteiger partial charge in [-0.2, -0.15) is 0 Å². The zero-order chi connectivity index (χ0) is 18.3. The van der Waals surface area contributed by atoms with Crippen molar-refractivity contribution in [3.05, 3.63) is 107 Å². The molecule has 0 bridgehead atoms. The number of benzene rings is 3. The third-order valence-corrected chi connectivity index (χ3v) is 4.27. The third-order valence-electron chi connectivity index (χ3n) is 4.27. The molecule has 130 valence electrons. The number of hydrogen-bond acceptors (Lipinski definition) is 3. The molecule has 1 heterocycles. The summed E-state index contributed by atoms with van der Waals surface area (Å²) in [6.45, 7) is 0. The summed E-state index contributed by atoms with van der Waals surface area (Å²) in [5, 5.41) is 7.70. The van der Waals surface area contributed by atoms with Gasteiger partial charge >= 0.3 is 0 Å². The lowest BCUT2D eigenvalue weighted by atomic mass is 9.97. The van der Waals surface area contributed by atoms with Gasteiger partial charge in [-0.3, -0.25) is 0 Å². The van der Waals surface area contributed by atoms with Crippen LogP contribution in [0.1, 0.15) is 22.3 Å². The van der Waals surface area contributed by atoms with Crippen molar-refractivity contribution in [1.29, 1.82) is 0 Å². The van der Waals surface area contributed by atoms with E-state index in [1.165, 1.54) is 0 Å². The van der Waals surface area contributed by atoms with E-state index in [0.29, 0.717) is 0 Å². The fourth-order valence-electron chi connectivity index (χ4n) is 2.91. The molecule has 1 aromatic heterocycles. The van der Waals surface area contributed by atoms with Crippen LogP contribution in [0.2, 0.25) is 0 Å². The van der Waals surface area contributed by atoms with Crippen LogP contribution in [0.5, 0.6) is 0 Å². The molecule has 3 nitrogen and oxygen atoms in total. The van der Waals surface area contributed by atoms with Crippen molar-refractivity contribution in [3.8, 4) is 11.3 Å². The minimum Gasteiger partial charge on any atom is -0.345 e. The summed E-state index contributed by atoms with van der Waals surface area (Å²) in [5.74, 6) is 0. The first kappa shape index (κ1) is 16.7. The van der Waals surface area contributed by atoms with E-state index in [4.69, 9.17) is 4.52 Å². The molecule has 27 heavy (non-hydrogen) atoms. The monoisotopic (exact) mass is 350 g/mol. The van der Waals surface area contributed by atoms with Crippen molar-refractivity contribution in [2.24, 2.45) is 0 Å². The van der Waals surface area contributed by atoms with E-state index in [1.54, 1.807) is 6.26 Å². The Morgan fingerprint density at radius 1 is 0.630 bits per heavy atom. The highest BCUT2D eigenvalue weighted by atomic mass is 16.5. The SMILES string of the molecule is C(=C\c1cccc(-c2conn2)c1/C=C/c1ccccc1)/c1ccccc1. The number of nitrogens with zero attached hydrogens (tertiary/aromatic N) is 2. The van der Waals surface area contributed by atoms with E-state index in [1.807, 2.05) is 48.5 Å². The molecule has 3 aromatic carbocycles. The largest absolute Gasteiger partial charge is 0.345 e. The Bertz CT molecular complexity index is 1050. The molecule has 0 radical (unpaired) electrons. The predicted octanol–water partition coefficient (Wildman–Crippen LogP) is 6.08. The van der Waals surface area contributed by atoms with Crippen LogP contribution >= 0.6 is 0 Å². The van der Waals surface area contributed by atoms with Gasteiger partial charge in [0.25, 0.3) is 0 Å². The smallest absolute Gasteiger partial charge is 0.152 e. The maximum Gasteiger partial charge on any atom is 0.152 e. The molecule has 0 aliphatic heterocycles. The summed E-state index contributed by atoms with van der Waals surface area (Å²) in [5.41, 5.74) is 6.18. The Kier molecular flexibility index (Phi) is 5.02. The number of hydrogen-bond donors (Lipinski definition) is 0. The van der Waals surface area contributed by atoms with E-state index in [2.05, 4.69) is 65.0 Å². The van der Waals surface area contributed by atoms with E-state index in [0.717, 1.165) is 33.5 Å². The standard InChI is InChI=1S/C24H18N2O/c1-3-8-19(9-4-1)14-16-21-12-7-13-23(24-18-27-26-25-24)22(21)17-15-20-10-5-2-6-11-20/h1-18H/b16-14+,17-15+. The van der Waals surface area contributed by atoms with Gasteiger partial charge in [0.05, 0.1) is 0 Å². The molecule has 4 aromatic rings. The summed E-state index contributed by atoms with van der Waals surface area (Å²) >= 11 is 0. The van der Waals surface area contributed by atoms with Gasteiger partial charge < -0.3 is 4.52 Å². The molecule has 0 N–H and O–H groups in total. The van der Waals surface area contributed by atoms with Crippen LogP contribution in [-0.4, -0.2) is 10.4 Å². The third kappa shape index (κ3) is 4.10. The topological polar surface area (TPSA) is 38.9 Å². The minimum atomic E-state index is 0.720. The molecule has 0 saturated heterocycles. The van der Waals surface area contributed by atoms with Crippen LogP contribution in [0, 0.1) is 0 Å². The summed E-state index contributed by atoms with van der Waals surface area (Å²) in [4.78, 5) is 0. The van der Waals surface area contributed by atoms with Crippen LogP contribution in [-0.2, 0) is 0 Å². The van der Waals surface area contributed by atoms with E-state index < -0.39 is 0 Å². The average molecular weight is 350 g/mol. The molecule has 0 aliphatic rings. The van der Waals surface area contributed by atoms with Crippen LogP contribution in [0.15, 0.2) is 89.6 Å². The summed E-state index contributed by atoms with van der Waals surface area (Å²) < 4.78 is 4.95. The average Bonchev–Trinajstić information content (AvgIpc) is 3.27. The van der Waals surface area contributed by atoms with Crippen LogP contribution in [0.25, 0.3) is 35.6 Å². The fourth-order valence-corrected chi connectivity index (χ4v) is 2.91. The highest BCUT2D eigenvalue weighted by Gasteiger charge is 2.09. The first-order valence-corrected chi connectivity index (χ1v) is 8.77. The normalized spacial score (nSPS) is 11.4. The van der Waals surface area contributed by atoms with Crippen molar-refractivity contribution in [2.45, 2.75) is 0 Å².